The molecule has 0 atom stereocenters. The molecular formula is C19H19ClN4O4. The van der Waals surface area contributed by atoms with Gasteiger partial charge in [0.05, 0.1) is 7.11 Å². The van der Waals surface area contributed by atoms with Gasteiger partial charge >= 0.3 is 5.69 Å². The lowest BCUT2D eigenvalue weighted by Crippen LogP contribution is -2.42. The molecule has 0 fully saturated rings. The maximum absolute atomic E-state index is 13.0. The van der Waals surface area contributed by atoms with Gasteiger partial charge in [0.2, 0.25) is 5.91 Å². The van der Waals surface area contributed by atoms with E-state index < -0.39 is 23.7 Å². The van der Waals surface area contributed by atoms with Crippen LogP contribution in [-0.2, 0) is 24.8 Å². The lowest BCUT2D eigenvalue weighted by Gasteiger charge is -2.14. The Hall–Kier alpha value is -3.13. The van der Waals surface area contributed by atoms with Crippen molar-refractivity contribution in [3.05, 3.63) is 61.9 Å². The number of aromatic nitrogens is 3. The van der Waals surface area contributed by atoms with Crippen molar-refractivity contribution < 1.29 is 9.53 Å². The molecule has 0 aliphatic rings. The van der Waals surface area contributed by atoms with Gasteiger partial charge in [0.15, 0.2) is 5.65 Å². The molecule has 1 N–H and O–H groups in total. The number of hydrogen-bond acceptors (Lipinski definition) is 5. The van der Waals surface area contributed by atoms with Crippen molar-refractivity contribution in [2.24, 2.45) is 7.05 Å². The molecule has 2 aromatic heterocycles. The van der Waals surface area contributed by atoms with Crippen LogP contribution in [0, 0.1) is 0 Å². The molecule has 9 heteroatoms. The molecule has 0 unspecified atom stereocenters. The number of nitrogens with zero attached hydrogens (tertiary/aromatic N) is 3. The van der Waals surface area contributed by atoms with E-state index in [4.69, 9.17) is 16.3 Å². The number of rotatable bonds is 5. The molecule has 28 heavy (non-hydrogen) atoms. The summed E-state index contributed by atoms with van der Waals surface area (Å²) in [5.74, 6) is -0.153. The van der Waals surface area contributed by atoms with Gasteiger partial charge < -0.3 is 10.1 Å². The third-order valence-corrected chi connectivity index (χ3v) is 4.65. The number of pyridine rings is 1. The predicted octanol–water partition coefficient (Wildman–Crippen LogP) is 1.96. The molecule has 1 aromatic carbocycles. The summed E-state index contributed by atoms with van der Waals surface area (Å²) in [6.07, 6.45) is 2.18. The molecule has 0 saturated heterocycles. The Labute approximate surface area is 165 Å². The van der Waals surface area contributed by atoms with E-state index in [0.29, 0.717) is 22.9 Å². The van der Waals surface area contributed by atoms with E-state index in [1.165, 1.54) is 18.7 Å². The van der Waals surface area contributed by atoms with Crippen LogP contribution in [0.2, 0.25) is 5.02 Å². The lowest BCUT2D eigenvalue weighted by atomic mass is 10.1. The van der Waals surface area contributed by atoms with Crippen molar-refractivity contribution in [1.82, 2.24) is 14.1 Å². The average Bonchev–Trinajstić information content (AvgIpc) is 2.70. The molecule has 0 bridgehead atoms. The van der Waals surface area contributed by atoms with Crippen LogP contribution in [-0.4, -0.2) is 27.1 Å². The molecule has 0 aliphatic heterocycles. The quantitative estimate of drug-likeness (QED) is 0.703. The van der Waals surface area contributed by atoms with Crippen molar-refractivity contribution in [1.29, 1.82) is 0 Å². The minimum absolute atomic E-state index is 0.170. The lowest BCUT2D eigenvalue weighted by molar-refractivity contribution is -0.116. The zero-order valence-electron chi connectivity index (χ0n) is 15.7. The standard InChI is InChI=1S/C19H19ClN4O4/c1-4-11-9-21-17-15(16(11)28-3)18(26)24(19(27)23(17)2)10-14(25)22-13-7-5-12(20)6-8-13/h5-9H,4,10H2,1-3H3,(H,22,25). The Morgan fingerprint density at radius 2 is 1.93 bits per heavy atom. The van der Waals surface area contributed by atoms with E-state index in [0.717, 1.165) is 10.1 Å². The van der Waals surface area contributed by atoms with Gasteiger partial charge in [0.25, 0.3) is 5.56 Å². The number of carbonyl (C=O) groups excluding carboxylic acids is 1. The first-order valence-corrected chi connectivity index (χ1v) is 8.96. The van der Waals surface area contributed by atoms with Gasteiger partial charge in [0, 0.05) is 29.5 Å². The summed E-state index contributed by atoms with van der Waals surface area (Å²) in [6, 6.07) is 6.51. The van der Waals surface area contributed by atoms with Gasteiger partial charge in [-0.3, -0.25) is 14.2 Å². The summed E-state index contributed by atoms with van der Waals surface area (Å²) in [5.41, 5.74) is 0.195. The number of halogens is 1. The Morgan fingerprint density at radius 1 is 1.25 bits per heavy atom. The fraction of sp³-hybridized carbons (Fsp3) is 0.263. The third kappa shape index (κ3) is 3.50. The van der Waals surface area contributed by atoms with Crippen molar-refractivity contribution in [2.75, 3.05) is 12.4 Å². The Bertz CT molecular complexity index is 1170. The Kier molecular flexibility index (Phi) is 5.51. The van der Waals surface area contributed by atoms with Gasteiger partial charge in [-0.2, -0.15) is 0 Å². The molecule has 3 aromatic rings. The van der Waals surface area contributed by atoms with Crippen LogP contribution in [0.1, 0.15) is 12.5 Å². The van der Waals surface area contributed by atoms with Crippen molar-refractivity contribution >= 4 is 34.2 Å². The van der Waals surface area contributed by atoms with Gasteiger partial charge in [-0.25, -0.2) is 14.3 Å². The minimum atomic E-state index is -0.637. The van der Waals surface area contributed by atoms with Crippen molar-refractivity contribution in [3.8, 4) is 5.75 Å². The molecule has 0 aliphatic carbocycles. The monoisotopic (exact) mass is 402 g/mol. The smallest absolute Gasteiger partial charge is 0.332 e. The summed E-state index contributed by atoms with van der Waals surface area (Å²) < 4.78 is 7.51. The number of aryl methyl sites for hydroxylation is 2. The summed E-state index contributed by atoms with van der Waals surface area (Å²) in [5, 5.41) is 3.34. The Morgan fingerprint density at radius 3 is 2.54 bits per heavy atom. The second kappa shape index (κ2) is 7.85. The highest BCUT2D eigenvalue weighted by molar-refractivity contribution is 6.30. The molecule has 2 heterocycles. The molecule has 8 nitrogen and oxygen atoms in total. The summed E-state index contributed by atoms with van der Waals surface area (Å²) in [4.78, 5) is 42.3. The van der Waals surface area contributed by atoms with E-state index in [9.17, 15) is 14.4 Å². The van der Waals surface area contributed by atoms with E-state index in [-0.39, 0.29) is 11.0 Å². The number of fused-ring (bicyclic) bond motifs is 1. The maximum atomic E-state index is 13.0. The number of methoxy groups -OCH3 is 1. The SMILES string of the molecule is CCc1cnc2c(c1OC)c(=O)n(CC(=O)Nc1ccc(Cl)cc1)c(=O)n2C. The first kappa shape index (κ1) is 19.6. The molecule has 146 valence electrons. The van der Waals surface area contributed by atoms with Crippen LogP contribution in [0.25, 0.3) is 11.0 Å². The highest BCUT2D eigenvalue weighted by Gasteiger charge is 2.20. The number of ether oxygens (including phenoxy) is 1. The van der Waals surface area contributed by atoms with Crippen LogP contribution < -0.4 is 21.3 Å². The normalized spacial score (nSPS) is 10.9. The van der Waals surface area contributed by atoms with Gasteiger partial charge in [-0.1, -0.05) is 18.5 Å². The van der Waals surface area contributed by atoms with Gasteiger partial charge in [-0.05, 0) is 30.7 Å². The van der Waals surface area contributed by atoms with Crippen molar-refractivity contribution in [2.45, 2.75) is 19.9 Å². The fourth-order valence-corrected chi connectivity index (χ4v) is 3.09. The highest BCUT2D eigenvalue weighted by atomic mass is 35.5. The van der Waals surface area contributed by atoms with Crippen molar-refractivity contribution in [3.63, 3.8) is 0 Å². The van der Waals surface area contributed by atoms with E-state index in [2.05, 4.69) is 10.3 Å². The van der Waals surface area contributed by atoms with Gasteiger partial charge in [0.1, 0.15) is 17.7 Å². The zero-order chi connectivity index (χ0) is 20.4. The first-order chi connectivity index (χ1) is 13.4. The highest BCUT2D eigenvalue weighted by Crippen LogP contribution is 2.25. The molecule has 1 amide bonds. The largest absolute Gasteiger partial charge is 0.495 e. The summed E-state index contributed by atoms with van der Waals surface area (Å²) >= 11 is 5.83. The molecule has 0 radical (unpaired) electrons. The average molecular weight is 403 g/mol. The number of anilines is 1. The molecule has 0 spiro atoms. The second-order valence-corrected chi connectivity index (χ2v) is 6.59. The van der Waals surface area contributed by atoms with Crippen LogP contribution >= 0.6 is 11.6 Å². The zero-order valence-corrected chi connectivity index (χ0v) is 16.4. The molecule has 0 saturated carbocycles. The summed E-state index contributed by atoms with van der Waals surface area (Å²) in [6.45, 7) is 1.47. The Balaban J connectivity index is 2.08. The van der Waals surface area contributed by atoms with E-state index in [1.54, 1.807) is 30.5 Å². The number of carbonyl (C=O) groups is 1. The molecule has 3 rings (SSSR count). The van der Waals surface area contributed by atoms with E-state index >= 15 is 0 Å². The number of hydrogen-bond donors (Lipinski definition) is 1. The first-order valence-electron chi connectivity index (χ1n) is 8.58. The van der Waals surface area contributed by atoms with Crippen LogP contribution in [0.3, 0.4) is 0 Å². The minimum Gasteiger partial charge on any atom is -0.495 e. The second-order valence-electron chi connectivity index (χ2n) is 6.16. The number of amides is 1. The van der Waals surface area contributed by atoms with Gasteiger partial charge in [-0.15, -0.1) is 0 Å². The van der Waals surface area contributed by atoms with Crippen LogP contribution in [0.5, 0.6) is 5.75 Å². The molecular weight excluding hydrogens is 384 g/mol. The van der Waals surface area contributed by atoms with Crippen LogP contribution in [0.4, 0.5) is 5.69 Å². The number of benzene rings is 1. The third-order valence-electron chi connectivity index (χ3n) is 4.39. The topological polar surface area (TPSA) is 95.2 Å². The van der Waals surface area contributed by atoms with E-state index in [1.807, 2.05) is 6.92 Å². The predicted molar refractivity (Wildman–Crippen MR) is 107 cm³/mol. The fourth-order valence-electron chi connectivity index (χ4n) is 2.97. The number of nitrogens with one attached hydrogen (secondary N) is 1. The van der Waals surface area contributed by atoms with Crippen LogP contribution in [0.15, 0.2) is 40.1 Å². The maximum Gasteiger partial charge on any atom is 0.332 e. The summed E-state index contributed by atoms with van der Waals surface area (Å²) in [7, 11) is 2.95.